The minimum absolute atomic E-state index is 0.0270. The van der Waals surface area contributed by atoms with Gasteiger partial charge in [-0.3, -0.25) is 9.69 Å². The lowest BCUT2D eigenvalue weighted by Gasteiger charge is -2.39. The molecule has 1 aromatic carbocycles. The maximum atomic E-state index is 13.6. The standard InChI is InChI=1S/C28H27ClF3N5O4S/c1-14(2)36-9-8-15(11-19(36)25(33)38)23-24(27(39)40)37(13-18-12-20(41-35-18)21-6-7-22(29)42-21)26(34-23)16-4-3-5-17(10-16)28(30,31)32/h3-7,10,12,14-15,19H,8-9,11,13H2,1-2H3,(H2,33,38)(H,39,40). The summed E-state index contributed by atoms with van der Waals surface area (Å²) in [5.41, 5.74) is 5.21. The highest BCUT2D eigenvalue weighted by Crippen LogP contribution is 2.38. The quantitative estimate of drug-likeness (QED) is 0.242. The lowest BCUT2D eigenvalue weighted by molar-refractivity contribution is -0.137. The number of imidazole rings is 1. The number of carboxylic acid groups (broad SMARTS) is 1. The van der Waals surface area contributed by atoms with Gasteiger partial charge in [-0.05, 0) is 57.5 Å². The van der Waals surface area contributed by atoms with Crippen LogP contribution in [-0.2, 0) is 17.5 Å². The smallest absolute Gasteiger partial charge is 0.416 e. The van der Waals surface area contributed by atoms with E-state index in [0.29, 0.717) is 33.6 Å². The van der Waals surface area contributed by atoms with Crippen molar-refractivity contribution in [3.8, 4) is 22.0 Å². The molecule has 1 fully saturated rings. The first kappa shape index (κ1) is 29.8. The molecule has 4 aromatic rings. The normalized spacial score (nSPS) is 18.1. The van der Waals surface area contributed by atoms with Crippen LogP contribution in [0.2, 0.25) is 4.34 Å². The third kappa shape index (κ3) is 5.94. The Morgan fingerprint density at radius 3 is 2.62 bits per heavy atom. The fourth-order valence-corrected chi connectivity index (χ4v) is 6.42. The number of carboxylic acids is 1. The summed E-state index contributed by atoms with van der Waals surface area (Å²) in [7, 11) is 0. The van der Waals surface area contributed by atoms with Gasteiger partial charge < -0.3 is 19.9 Å². The van der Waals surface area contributed by atoms with Crippen LogP contribution in [0.5, 0.6) is 0 Å². The van der Waals surface area contributed by atoms with E-state index in [2.05, 4.69) is 10.1 Å². The maximum absolute atomic E-state index is 13.6. The summed E-state index contributed by atoms with van der Waals surface area (Å²) in [6, 6.07) is 9.01. The molecule has 0 aliphatic carbocycles. The molecule has 1 aliphatic rings. The van der Waals surface area contributed by atoms with Crippen LogP contribution in [0.3, 0.4) is 0 Å². The Morgan fingerprint density at radius 1 is 1.24 bits per heavy atom. The van der Waals surface area contributed by atoms with Gasteiger partial charge in [-0.15, -0.1) is 11.3 Å². The fraction of sp³-hybridized carbons (Fsp3) is 0.357. The van der Waals surface area contributed by atoms with E-state index in [1.807, 2.05) is 18.7 Å². The van der Waals surface area contributed by atoms with E-state index in [-0.39, 0.29) is 41.8 Å². The van der Waals surface area contributed by atoms with Crippen LogP contribution in [0.4, 0.5) is 13.2 Å². The summed E-state index contributed by atoms with van der Waals surface area (Å²) >= 11 is 7.31. The second kappa shape index (κ2) is 11.5. The summed E-state index contributed by atoms with van der Waals surface area (Å²) in [5.74, 6) is -1.89. The van der Waals surface area contributed by atoms with Crippen molar-refractivity contribution in [2.75, 3.05) is 6.54 Å². The molecule has 3 N–H and O–H groups in total. The zero-order valence-electron chi connectivity index (χ0n) is 22.6. The molecule has 0 bridgehead atoms. The molecule has 4 heterocycles. The minimum atomic E-state index is -4.62. The molecule has 2 unspecified atom stereocenters. The molecular formula is C28H27ClF3N5O4S. The van der Waals surface area contributed by atoms with Gasteiger partial charge in [-0.2, -0.15) is 13.2 Å². The largest absolute Gasteiger partial charge is 0.477 e. The molecule has 1 amide bonds. The Hall–Kier alpha value is -3.68. The average molecular weight is 622 g/mol. The highest BCUT2D eigenvalue weighted by molar-refractivity contribution is 7.19. The summed E-state index contributed by atoms with van der Waals surface area (Å²) < 4.78 is 48.2. The first-order chi connectivity index (χ1) is 19.8. The summed E-state index contributed by atoms with van der Waals surface area (Å²) in [4.78, 5) is 32.4. The number of rotatable bonds is 8. The average Bonchev–Trinajstić information content (AvgIpc) is 3.66. The Kier molecular flexibility index (Phi) is 8.19. The van der Waals surface area contributed by atoms with Gasteiger partial charge in [0.15, 0.2) is 11.5 Å². The molecule has 0 radical (unpaired) electrons. The van der Waals surface area contributed by atoms with Gasteiger partial charge in [0.05, 0.1) is 33.1 Å². The number of amides is 1. The molecule has 0 spiro atoms. The van der Waals surface area contributed by atoms with Gasteiger partial charge in [-0.25, -0.2) is 9.78 Å². The monoisotopic (exact) mass is 621 g/mol. The van der Waals surface area contributed by atoms with Crippen molar-refractivity contribution in [1.82, 2.24) is 19.6 Å². The van der Waals surface area contributed by atoms with E-state index in [1.165, 1.54) is 28.0 Å². The lowest BCUT2D eigenvalue weighted by atomic mass is 9.86. The summed E-state index contributed by atoms with van der Waals surface area (Å²) in [5, 5.41) is 14.5. The van der Waals surface area contributed by atoms with E-state index >= 15 is 0 Å². The number of thiophene rings is 1. The molecule has 14 heteroatoms. The number of hydrogen-bond acceptors (Lipinski definition) is 7. The van der Waals surface area contributed by atoms with Crippen LogP contribution >= 0.6 is 22.9 Å². The summed E-state index contributed by atoms with van der Waals surface area (Å²) in [6.07, 6.45) is -3.91. The number of nitrogens with zero attached hydrogens (tertiary/aromatic N) is 4. The van der Waals surface area contributed by atoms with Crippen LogP contribution in [0.1, 0.15) is 60.0 Å². The number of primary amides is 1. The van der Waals surface area contributed by atoms with Crippen LogP contribution in [0, 0.1) is 0 Å². The van der Waals surface area contributed by atoms with E-state index in [9.17, 15) is 27.9 Å². The Balaban J connectivity index is 1.62. The third-order valence-corrected chi connectivity index (χ3v) is 8.61. The number of carbonyl (C=O) groups excluding carboxylic acids is 1. The number of piperidine rings is 1. The number of aromatic nitrogens is 3. The molecule has 222 valence electrons. The van der Waals surface area contributed by atoms with Crippen molar-refractivity contribution < 1.29 is 32.4 Å². The number of halogens is 4. The highest BCUT2D eigenvalue weighted by Gasteiger charge is 2.38. The SMILES string of the molecule is CC(C)N1CCC(c2nc(-c3cccc(C(F)(F)F)c3)n(Cc3cc(-c4ccc(Cl)s4)on3)c2C(=O)O)CC1C(N)=O. The second-order valence-electron chi connectivity index (χ2n) is 10.4. The lowest BCUT2D eigenvalue weighted by Crippen LogP contribution is -2.52. The predicted molar refractivity (Wildman–Crippen MR) is 150 cm³/mol. The molecule has 9 nitrogen and oxygen atoms in total. The van der Waals surface area contributed by atoms with Crippen molar-refractivity contribution >= 4 is 34.8 Å². The fourth-order valence-electron chi connectivity index (χ4n) is 5.43. The number of carbonyl (C=O) groups is 2. The Labute approximate surface area is 247 Å². The molecule has 3 aromatic heterocycles. The number of alkyl halides is 3. The molecule has 0 saturated carbocycles. The van der Waals surface area contributed by atoms with Crippen molar-refractivity contribution in [1.29, 1.82) is 0 Å². The molecular weight excluding hydrogens is 595 g/mol. The van der Waals surface area contributed by atoms with Crippen molar-refractivity contribution in [2.45, 2.75) is 57.4 Å². The van der Waals surface area contributed by atoms with Gasteiger partial charge in [-0.1, -0.05) is 28.9 Å². The summed E-state index contributed by atoms with van der Waals surface area (Å²) in [6.45, 7) is 4.20. The van der Waals surface area contributed by atoms with Crippen molar-refractivity contribution in [2.24, 2.45) is 5.73 Å². The molecule has 42 heavy (non-hydrogen) atoms. The van der Waals surface area contributed by atoms with Crippen molar-refractivity contribution in [3.63, 3.8) is 0 Å². The maximum Gasteiger partial charge on any atom is 0.416 e. The Bertz CT molecular complexity index is 1630. The van der Waals surface area contributed by atoms with Gasteiger partial charge >= 0.3 is 12.1 Å². The van der Waals surface area contributed by atoms with Gasteiger partial charge in [0.1, 0.15) is 11.5 Å². The first-order valence-electron chi connectivity index (χ1n) is 13.1. The van der Waals surface area contributed by atoms with Gasteiger partial charge in [0.2, 0.25) is 5.91 Å². The third-order valence-electron chi connectivity index (χ3n) is 7.36. The van der Waals surface area contributed by atoms with E-state index < -0.39 is 35.6 Å². The van der Waals surface area contributed by atoms with Gasteiger partial charge in [0, 0.05) is 23.6 Å². The van der Waals surface area contributed by atoms with E-state index in [0.717, 1.165) is 12.1 Å². The highest BCUT2D eigenvalue weighted by atomic mass is 35.5. The number of likely N-dealkylation sites (tertiary alicyclic amines) is 1. The zero-order valence-corrected chi connectivity index (χ0v) is 24.1. The number of benzene rings is 1. The van der Waals surface area contributed by atoms with Crippen LogP contribution in [0.15, 0.2) is 47.0 Å². The molecule has 1 saturated heterocycles. The van der Waals surface area contributed by atoms with E-state index in [1.54, 1.807) is 18.2 Å². The van der Waals surface area contributed by atoms with E-state index in [4.69, 9.17) is 21.9 Å². The number of hydrogen-bond donors (Lipinski definition) is 2. The number of aromatic carboxylic acids is 1. The first-order valence-corrected chi connectivity index (χ1v) is 14.3. The Morgan fingerprint density at radius 2 is 2.00 bits per heavy atom. The minimum Gasteiger partial charge on any atom is -0.477 e. The molecule has 5 rings (SSSR count). The van der Waals surface area contributed by atoms with Crippen molar-refractivity contribution in [3.05, 3.63) is 69.4 Å². The van der Waals surface area contributed by atoms with Crippen LogP contribution in [0.25, 0.3) is 22.0 Å². The predicted octanol–water partition coefficient (Wildman–Crippen LogP) is 6.13. The topological polar surface area (TPSA) is 127 Å². The second-order valence-corrected chi connectivity index (χ2v) is 12.1. The zero-order chi connectivity index (χ0) is 30.3. The van der Waals surface area contributed by atoms with Crippen LogP contribution < -0.4 is 5.73 Å². The van der Waals surface area contributed by atoms with Gasteiger partial charge in [0.25, 0.3) is 0 Å². The van der Waals surface area contributed by atoms with Crippen LogP contribution in [-0.4, -0.2) is 55.2 Å². The number of nitrogens with two attached hydrogens (primary N) is 1. The molecule has 1 aliphatic heterocycles. The molecule has 2 atom stereocenters.